The molecule has 1 N–H and O–H groups in total. The van der Waals surface area contributed by atoms with Gasteiger partial charge in [-0.3, -0.25) is 4.98 Å². The molecular weight excluding hydrogens is 216 g/mol. The van der Waals surface area contributed by atoms with Crippen molar-refractivity contribution in [3.05, 3.63) is 30.6 Å². The molecule has 6 heteroatoms. The molecule has 0 fully saturated rings. The number of imidazole rings is 1. The first-order chi connectivity index (χ1) is 8.36. The maximum Gasteiger partial charge on any atom is 0.150 e. The predicted molar refractivity (Wildman–Crippen MR) is 64.9 cm³/mol. The highest BCUT2D eigenvalue weighted by Crippen LogP contribution is 2.18. The maximum absolute atomic E-state index is 4.49. The molecule has 0 aromatic carbocycles. The van der Waals surface area contributed by atoms with Crippen molar-refractivity contribution in [2.75, 3.05) is 23.8 Å². The van der Waals surface area contributed by atoms with E-state index in [1.807, 2.05) is 19.4 Å². The van der Waals surface area contributed by atoms with Crippen LogP contribution in [0.1, 0.15) is 5.82 Å². The second kappa shape index (κ2) is 4.04. The molecule has 0 aliphatic carbocycles. The number of anilines is 2. The number of hydrogen-bond acceptors (Lipinski definition) is 5. The van der Waals surface area contributed by atoms with Crippen molar-refractivity contribution in [3.8, 4) is 0 Å². The summed E-state index contributed by atoms with van der Waals surface area (Å²) in [6.07, 6.45) is 7.37. The van der Waals surface area contributed by atoms with E-state index < -0.39 is 0 Å². The topological polar surface area (TPSA) is 58.9 Å². The fourth-order valence-electron chi connectivity index (χ4n) is 2.00. The third-order valence-electron chi connectivity index (χ3n) is 2.95. The van der Waals surface area contributed by atoms with Crippen LogP contribution in [-0.4, -0.2) is 33.1 Å². The molecule has 3 heterocycles. The molecule has 0 saturated carbocycles. The Hall–Kier alpha value is -2.11. The second-order valence-corrected chi connectivity index (χ2v) is 3.97. The number of nitrogens with one attached hydrogen (secondary N) is 1. The van der Waals surface area contributed by atoms with Crippen LogP contribution >= 0.6 is 0 Å². The van der Waals surface area contributed by atoms with Gasteiger partial charge in [0.25, 0.3) is 0 Å². The third kappa shape index (κ3) is 1.82. The molecule has 0 unspecified atom stereocenters. The van der Waals surface area contributed by atoms with Gasteiger partial charge >= 0.3 is 0 Å². The fraction of sp³-hybridized carbons (Fsp3) is 0.364. The molecule has 0 atom stereocenters. The number of nitrogens with zero attached hydrogens (tertiary/aromatic N) is 5. The number of aromatic nitrogens is 4. The summed E-state index contributed by atoms with van der Waals surface area (Å²) in [6.45, 7) is 2.67. The third-order valence-corrected chi connectivity index (χ3v) is 2.95. The van der Waals surface area contributed by atoms with Crippen LogP contribution in [0.5, 0.6) is 0 Å². The quantitative estimate of drug-likeness (QED) is 0.824. The summed E-state index contributed by atoms with van der Waals surface area (Å²) in [5, 5.41) is 3.00. The van der Waals surface area contributed by atoms with Crippen LogP contribution in [0, 0.1) is 0 Å². The second-order valence-electron chi connectivity index (χ2n) is 3.97. The Morgan fingerprint density at radius 3 is 3.12 bits per heavy atom. The number of fused-ring (bicyclic) bond motifs is 1. The Labute approximate surface area is 99.3 Å². The van der Waals surface area contributed by atoms with Gasteiger partial charge in [-0.05, 0) is 0 Å². The molecule has 3 rings (SSSR count). The zero-order chi connectivity index (χ0) is 11.7. The average molecular weight is 230 g/mol. The molecule has 0 bridgehead atoms. The smallest absolute Gasteiger partial charge is 0.150 e. The first-order valence-corrected chi connectivity index (χ1v) is 5.61. The van der Waals surface area contributed by atoms with Gasteiger partial charge < -0.3 is 14.8 Å². The van der Waals surface area contributed by atoms with E-state index in [4.69, 9.17) is 0 Å². The highest BCUT2D eigenvalue weighted by Gasteiger charge is 2.18. The van der Waals surface area contributed by atoms with Gasteiger partial charge in [0.1, 0.15) is 17.5 Å². The van der Waals surface area contributed by atoms with Crippen LogP contribution in [0.2, 0.25) is 0 Å². The van der Waals surface area contributed by atoms with Gasteiger partial charge in [0, 0.05) is 32.5 Å². The van der Waals surface area contributed by atoms with E-state index in [9.17, 15) is 0 Å². The number of rotatable bonds is 2. The first kappa shape index (κ1) is 10.1. The predicted octanol–water partition coefficient (Wildman–Crippen LogP) is 0.735. The average Bonchev–Trinajstić information content (AvgIpc) is 2.86. The van der Waals surface area contributed by atoms with Gasteiger partial charge in [-0.2, -0.15) is 0 Å². The molecule has 17 heavy (non-hydrogen) atoms. The lowest BCUT2D eigenvalue weighted by Gasteiger charge is -2.28. The highest BCUT2D eigenvalue weighted by atomic mass is 15.3. The molecule has 0 radical (unpaired) electrons. The summed E-state index contributed by atoms with van der Waals surface area (Å²) in [7, 11) is 1.84. The molecule has 0 amide bonds. The summed E-state index contributed by atoms with van der Waals surface area (Å²) in [6, 6.07) is 0. The van der Waals surface area contributed by atoms with E-state index in [1.165, 1.54) is 0 Å². The van der Waals surface area contributed by atoms with Crippen molar-refractivity contribution in [2.45, 2.75) is 13.1 Å². The van der Waals surface area contributed by atoms with E-state index >= 15 is 0 Å². The minimum atomic E-state index is 0.787. The van der Waals surface area contributed by atoms with Crippen molar-refractivity contribution in [1.29, 1.82) is 0 Å². The van der Waals surface area contributed by atoms with E-state index in [0.717, 1.165) is 37.1 Å². The number of hydrogen-bond donors (Lipinski definition) is 1. The van der Waals surface area contributed by atoms with Crippen molar-refractivity contribution in [1.82, 2.24) is 19.5 Å². The van der Waals surface area contributed by atoms with Crippen LogP contribution in [0.3, 0.4) is 0 Å². The van der Waals surface area contributed by atoms with Crippen LogP contribution < -0.4 is 10.2 Å². The zero-order valence-corrected chi connectivity index (χ0v) is 9.67. The minimum Gasteiger partial charge on any atom is -0.372 e. The molecule has 1 aliphatic heterocycles. The van der Waals surface area contributed by atoms with Gasteiger partial charge in [0.2, 0.25) is 0 Å². The lowest BCUT2D eigenvalue weighted by molar-refractivity contribution is 0.556. The molecule has 88 valence electrons. The Morgan fingerprint density at radius 2 is 2.24 bits per heavy atom. The first-order valence-electron chi connectivity index (χ1n) is 5.61. The van der Waals surface area contributed by atoms with Crippen LogP contribution in [0.4, 0.5) is 11.6 Å². The summed E-state index contributed by atoms with van der Waals surface area (Å²) in [5.74, 6) is 2.76. The van der Waals surface area contributed by atoms with E-state index in [2.05, 4.69) is 29.7 Å². The minimum absolute atomic E-state index is 0.787. The van der Waals surface area contributed by atoms with Crippen molar-refractivity contribution in [2.24, 2.45) is 0 Å². The Bertz CT molecular complexity index is 520. The molecule has 1 aliphatic rings. The molecule has 2 aromatic rings. The Kier molecular flexibility index (Phi) is 2.40. The normalized spacial score (nSPS) is 14.5. The standard InChI is InChI=1S/C11H14N6/c1-12-9-6-13-7-10(15-9)17-5-4-16-3-2-14-11(16)8-17/h2-3,6-7H,4-5,8H2,1H3,(H,12,15). The van der Waals surface area contributed by atoms with Crippen LogP contribution in [0.25, 0.3) is 0 Å². The van der Waals surface area contributed by atoms with Crippen molar-refractivity contribution >= 4 is 11.6 Å². The van der Waals surface area contributed by atoms with E-state index in [1.54, 1.807) is 12.4 Å². The Balaban J connectivity index is 1.86. The molecular formula is C11H14N6. The largest absolute Gasteiger partial charge is 0.372 e. The highest BCUT2D eigenvalue weighted by molar-refractivity contribution is 5.43. The lowest BCUT2D eigenvalue weighted by atomic mass is 10.3. The lowest BCUT2D eigenvalue weighted by Crippen LogP contribution is -2.34. The summed E-state index contributed by atoms with van der Waals surface area (Å²) in [5.41, 5.74) is 0. The summed E-state index contributed by atoms with van der Waals surface area (Å²) >= 11 is 0. The summed E-state index contributed by atoms with van der Waals surface area (Å²) < 4.78 is 2.17. The summed E-state index contributed by atoms with van der Waals surface area (Å²) in [4.78, 5) is 15.2. The van der Waals surface area contributed by atoms with Crippen molar-refractivity contribution in [3.63, 3.8) is 0 Å². The van der Waals surface area contributed by atoms with Gasteiger partial charge in [0.15, 0.2) is 0 Å². The molecule has 0 saturated heterocycles. The molecule has 6 nitrogen and oxygen atoms in total. The van der Waals surface area contributed by atoms with Crippen LogP contribution in [-0.2, 0) is 13.1 Å². The van der Waals surface area contributed by atoms with Crippen LogP contribution in [0.15, 0.2) is 24.8 Å². The Morgan fingerprint density at radius 1 is 1.29 bits per heavy atom. The SMILES string of the molecule is CNc1cncc(N2CCn3ccnc3C2)n1. The van der Waals surface area contributed by atoms with Gasteiger partial charge in [-0.15, -0.1) is 0 Å². The van der Waals surface area contributed by atoms with E-state index in [0.29, 0.717) is 0 Å². The van der Waals surface area contributed by atoms with Gasteiger partial charge in [-0.1, -0.05) is 0 Å². The maximum atomic E-state index is 4.49. The fourth-order valence-corrected chi connectivity index (χ4v) is 2.00. The van der Waals surface area contributed by atoms with Gasteiger partial charge in [-0.25, -0.2) is 9.97 Å². The van der Waals surface area contributed by atoms with Crippen molar-refractivity contribution < 1.29 is 0 Å². The molecule has 2 aromatic heterocycles. The monoisotopic (exact) mass is 230 g/mol. The van der Waals surface area contributed by atoms with E-state index in [-0.39, 0.29) is 0 Å². The molecule has 0 spiro atoms. The zero-order valence-electron chi connectivity index (χ0n) is 9.67. The van der Waals surface area contributed by atoms with Gasteiger partial charge in [0.05, 0.1) is 18.9 Å².